The highest BCUT2D eigenvalue weighted by Crippen LogP contribution is 2.15. The van der Waals surface area contributed by atoms with Gasteiger partial charge in [0.1, 0.15) is 0 Å². The van der Waals surface area contributed by atoms with Gasteiger partial charge in [-0.15, -0.1) is 0 Å². The fourth-order valence-electron chi connectivity index (χ4n) is 1.66. The molecular formula is C16H22O6. The molecule has 0 radical (unpaired) electrons. The van der Waals surface area contributed by atoms with Gasteiger partial charge in [-0.1, -0.05) is 45.7 Å². The van der Waals surface area contributed by atoms with Gasteiger partial charge < -0.3 is 4.74 Å². The Hall–Kier alpha value is -2.08. The fraction of sp³-hybridized carbons (Fsp3) is 0.500. The van der Waals surface area contributed by atoms with Crippen LogP contribution in [0, 0.1) is 0 Å². The maximum Gasteiger partial charge on any atom is 0.543 e. The van der Waals surface area contributed by atoms with Gasteiger partial charge in [0.15, 0.2) is 0 Å². The summed E-state index contributed by atoms with van der Waals surface area (Å²) in [5.41, 5.74) is 1.40. The molecule has 6 heteroatoms. The summed E-state index contributed by atoms with van der Waals surface area (Å²) in [7, 11) is 0. The van der Waals surface area contributed by atoms with E-state index in [2.05, 4.69) is 28.7 Å². The van der Waals surface area contributed by atoms with Gasteiger partial charge in [-0.25, -0.2) is 14.5 Å². The highest BCUT2D eigenvalue weighted by Gasteiger charge is 2.12. The maximum absolute atomic E-state index is 11.6. The lowest BCUT2D eigenvalue weighted by Crippen LogP contribution is -2.12. The number of carbonyl (C=O) groups excluding carboxylic acids is 2. The molecule has 6 nitrogen and oxygen atoms in total. The summed E-state index contributed by atoms with van der Waals surface area (Å²) < 4.78 is 4.70. The molecule has 122 valence electrons. The molecule has 1 aromatic carbocycles. The van der Waals surface area contributed by atoms with Gasteiger partial charge in [-0.3, -0.25) is 4.89 Å². The second kappa shape index (κ2) is 9.78. The Balaban J connectivity index is 2.26. The van der Waals surface area contributed by atoms with Crippen LogP contribution in [-0.4, -0.2) is 18.7 Å². The summed E-state index contributed by atoms with van der Waals surface area (Å²) in [6, 6.07) is 6.88. The van der Waals surface area contributed by atoms with E-state index in [9.17, 15) is 9.59 Å². The van der Waals surface area contributed by atoms with Crippen LogP contribution in [0.3, 0.4) is 0 Å². The summed E-state index contributed by atoms with van der Waals surface area (Å²) in [5.74, 6) is -0.388. The molecule has 1 rings (SSSR count). The van der Waals surface area contributed by atoms with Crippen LogP contribution in [0.1, 0.15) is 61.9 Å². The molecule has 0 fully saturated rings. The number of hydrogen-bond acceptors (Lipinski definition) is 6. The van der Waals surface area contributed by atoms with Crippen LogP contribution in [0.25, 0.3) is 0 Å². The lowest BCUT2D eigenvalue weighted by molar-refractivity contribution is -0.452. The summed E-state index contributed by atoms with van der Waals surface area (Å²) in [5, 5.41) is 4.12. The van der Waals surface area contributed by atoms with Crippen molar-refractivity contribution in [1.29, 1.82) is 0 Å². The number of unbranched alkanes of at least 4 members (excludes halogenated alkanes) is 2. The molecule has 0 aliphatic carbocycles. The standard InChI is InChI=1S/C16H22O6/c1-4-5-6-11-19-16(18)21-22-20-15(17)14-9-7-13(8-10-14)12(2)3/h7-10,12H,4-6,11H2,1-3H3. The number of rotatable bonds is 8. The quantitative estimate of drug-likeness (QED) is 0.311. The van der Waals surface area contributed by atoms with Crippen LogP contribution >= 0.6 is 0 Å². The molecular weight excluding hydrogens is 288 g/mol. The van der Waals surface area contributed by atoms with Crippen LogP contribution < -0.4 is 0 Å². The first-order valence-electron chi connectivity index (χ1n) is 7.36. The molecule has 0 saturated carbocycles. The zero-order chi connectivity index (χ0) is 16.4. The van der Waals surface area contributed by atoms with Gasteiger partial charge >= 0.3 is 12.1 Å². The summed E-state index contributed by atoms with van der Waals surface area (Å²) >= 11 is 0. The Morgan fingerprint density at radius 3 is 2.32 bits per heavy atom. The van der Waals surface area contributed by atoms with Crippen molar-refractivity contribution in [3.63, 3.8) is 0 Å². The van der Waals surface area contributed by atoms with E-state index >= 15 is 0 Å². The second-order valence-electron chi connectivity index (χ2n) is 5.10. The molecule has 0 spiro atoms. The summed E-state index contributed by atoms with van der Waals surface area (Å²) in [4.78, 5) is 31.2. The van der Waals surface area contributed by atoms with Crippen molar-refractivity contribution in [2.75, 3.05) is 6.61 Å². The Bertz CT molecular complexity index is 466. The average Bonchev–Trinajstić information content (AvgIpc) is 2.51. The summed E-state index contributed by atoms with van der Waals surface area (Å²) in [6.45, 7) is 6.38. The van der Waals surface area contributed by atoms with E-state index in [1.54, 1.807) is 12.1 Å². The minimum Gasteiger partial charge on any atom is -0.432 e. The van der Waals surface area contributed by atoms with Crippen molar-refractivity contribution in [2.45, 2.75) is 46.0 Å². The van der Waals surface area contributed by atoms with Crippen molar-refractivity contribution in [3.8, 4) is 0 Å². The largest absolute Gasteiger partial charge is 0.543 e. The van der Waals surface area contributed by atoms with Gasteiger partial charge in [0, 0.05) is 0 Å². The monoisotopic (exact) mass is 310 g/mol. The van der Waals surface area contributed by atoms with Crippen molar-refractivity contribution >= 4 is 12.1 Å². The number of hydrogen-bond donors (Lipinski definition) is 0. The molecule has 1 aromatic rings. The highest BCUT2D eigenvalue weighted by molar-refractivity contribution is 5.88. The molecule has 0 bridgehead atoms. The first-order chi connectivity index (χ1) is 10.5. The van der Waals surface area contributed by atoms with E-state index in [0.29, 0.717) is 11.5 Å². The van der Waals surface area contributed by atoms with E-state index < -0.39 is 12.1 Å². The highest BCUT2D eigenvalue weighted by atomic mass is 17.5. The van der Waals surface area contributed by atoms with E-state index in [4.69, 9.17) is 4.74 Å². The van der Waals surface area contributed by atoms with E-state index in [1.807, 2.05) is 19.1 Å². The first-order valence-corrected chi connectivity index (χ1v) is 7.36. The predicted molar refractivity (Wildman–Crippen MR) is 79.0 cm³/mol. The Kier molecular flexibility index (Phi) is 7.99. The summed E-state index contributed by atoms with van der Waals surface area (Å²) in [6.07, 6.45) is 1.67. The van der Waals surface area contributed by atoms with Crippen molar-refractivity contribution in [3.05, 3.63) is 35.4 Å². The van der Waals surface area contributed by atoms with Crippen LogP contribution in [0.15, 0.2) is 24.3 Å². The third-order valence-corrected chi connectivity index (χ3v) is 2.99. The zero-order valence-electron chi connectivity index (χ0n) is 13.2. The SMILES string of the molecule is CCCCCOC(=O)OOOC(=O)c1ccc(C(C)C)cc1. The third-order valence-electron chi connectivity index (χ3n) is 2.99. The molecule has 0 aliphatic heterocycles. The minimum atomic E-state index is -1.04. The van der Waals surface area contributed by atoms with Crippen LogP contribution in [0.2, 0.25) is 0 Å². The molecule has 0 atom stereocenters. The van der Waals surface area contributed by atoms with E-state index in [0.717, 1.165) is 24.8 Å². The molecule has 22 heavy (non-hydrogen) atoms. The van der Waals surface area contributed by atoms with Crippen LogP contribution in [0.4, 0.5) is 4.79 Å². The molecule has 0 amide bonds. The van der Waals surface area contributed by atoms with Crippen LogP contribution in [0.5, 0.6) is 0 Å². The minimum absolute atomic E-state index is 0.237. The van der Waals surface area contributed by atoms with Crippen molar-refractivity contribution in [1.82, 2.24) is 0 Å². The molecule has 0 unspecified atom stereocenters. The zero-order valence-corrected chi connectivity index (χ0v) is 13.2. The average molecular weight is 310 g/mol. The van der Waals surface area contributed by atoms with Gasteiger partial charge in [-0.05, 0) is 30.0 Å². The topological polar surface area (TPSA) is 71.1 Å². The predicted octanol–water partition coefficient (Wildman–Crippen LogP) is 4.16. The van der Waals surface area contributed by atoms with E-state index in [1.165, 1.54) is 0 Å². The number of ether oxygens (including phenoxy) is 1. The van der Waals surface area contributed by atoms with E-state index in [-0.39, 0.29) is 6.61 Å². The fourth-order valence-corrected chi connectivity index (χ4v) is 1.66. The third kappa shape index (κ3) is 6.58. The normalized spacial score (nSPS) is 10.4. The smallest absolute Gasteiger partial charge is 0.432 e. The van der Waals surface area contributed by atoms with Crippen molar-refractivity contribution < 1.29 is 29.1 Å². The molecule has 0 saturated heterocycles. The molecule has 0 heterocycles. The van der Waals surface area contributed by atoms with Crippen molar-refractivity contribution in [2.24, 2.45) is 0 Å². The van der Waals surface area contributed by atoms with Gasteiger partial charge in [0.05, 0.1) is 17.2 Å². The second-order valence-corrected chi connectivity index (χ2v) is 5.10. The number of benzene rings is 1. The lowest BCUT2D eigenvalue weighted by atomic mass is 10.0. The van der Waals surface area contributed by atoms with Gasteiger partial charge in [-0.2, -0.15) is 0 Å². The Morgan fingerprint density at radius 2 is 1.73 bits per heavy atom. The first kappa shape index (κ1) is 18.0. The van der Waals surface area contributed by atoms with Gasteiger partial charge in [0.2, 0.25) is 0 Å². The number of carbonyl (C=O) groups is 2. The van der Waals surface area contributed by atoms with Crippen LogP contribution in [-0.2, 0) is 19.6 Å². The molecule has 0 aliphatic rings. The Labute approximate surface area is 130 Å². The Morgan fingerprint density at radius 1 is 1.05 bits per heavy atom. The molecule has 0 aromatic heterocycles. The lowest BCUT2D eigenvalue weighted by Gasteiger charge is -2.06. The van der Waals surface area contributed by atoms with Gasteiger partial charge in [0.25, 0.3) is 0 Å². The maximum atomic E-state index is 11.6. The molecule has 0 N–H and O–H groups in total.